The lowest BCUT2D eigenvalue weighted by atomic mass is 9.99. The van der Waals surface area contributed by atoms with Gasteiger partial charge in [0.15, 0.2) is 0 Å². The molecular formula is C29H35N7O2. The van der Waals surface area contributed by atoms with Crippen LogP contribution in [0.2, 0.25) is 0 Å². The monoisotopic (exact) mass is 513 g/mol. The smallest absolute Gasteiger partial charge is 0.253 e. The Bertz CT molecular complexity index is 1540. The van der Waals surface area contributed by atoms with Crippen LogP contribution in [0.25, 0.3) is 22.0 Å². The Morgan fingerprint density at radius 2 is 1.74 bits per heavy atom. The number of nitrogens with one attached hydrogen (secondary N) is 3. The molecule has 9 nitrogen and oxygen atoms in total. The second-order valence-electron chi connectivity index (χ2n) is 10.4. The molecule has 1 saturated heterocycles. The second kappa shape index (κ2) is 10.4. The van der Waals surface area contributed by atoms with Gasteiger partial charge in [-0.3, -0.25) is 9.59 Å². The van der Waals surface area contributed by atoms with Crippen molar-refractivity contribution in [2.45, 2.75) is 47.2 Å². The number of aromatic amines is 1. The van der Waals surface area contributed by atoms with Crippen LogP contribution < -0.4 is 21.1 Å². The van der Waals surface area contributed by atoms with Crippen LogP contribution in [0.1, 0.15) is 52.6 Å². The van der Waals surface area contributed by atoms with Gasteiger partial charge in [0.05, 0.1) is 0 Å². The van der Waals surface area contributed by atoms with Crippen LogP contribution in [0.15, 0.2) is 41.6 Å². The van der Waals surface area contributed by atoms with E-state index in [1.54, 1.807) is 0 Å². The van der Waals surface area contributed by atoms with Crippen LogP contribution in [-0.4, -0.2) is 51.6 Å². The summed E-state index contributed by atoms with van der Waals surface area (Å²) in [5.41, 5.74) is 6.34. The molecule has 0 spiro atoms. The molecule has 5 rings (SSSR count). The maximum atomic E-state index is 13.6. The van der Waals surface area contributed by atoms with Crippen molar-refractivity contribution in [3.63, 3.8) is 0 Å². The van der Waals surface area contributed by atoms with E-state index in [1.165, 1.54) is 0 Å². The van der Waals surface area contributed by atoms with E-state index >= 15 is 0 Å². The molecule has 0 unspecified atom stereocenters. The molecule has 1 aliphatic heterocycles. The van der Waals surface area contributed by atoms with Crippen molar-refractivity contribution in [1.82, 2.24) is 30.2 Å². The van der Waals surface area contributed by atoms with E-state index in [0.29, 0.717) is 11.1 Å². The first-order valence-electron chi connectivity index (χ1n) is 13.1. The number of carbonyl (C=O) groups is 1. The van der Waals surface area contributed by atoms with Gasteiger partial charge in [-0.15, -0.1) is 0 Å². The molecule has 3 aromatic heterocycles. The van der Waals surface area contributed by atoms with Crippen LogP contribution in [0.3, 0.4) is 0 Å². The van der Waals surface area contributed by atoms with E-state index in [1.807, 2.05) is 45.3 Å². The van der Waals surface area contributed by atoms with Crippen molar-refractivity contribution in [3.05, 3.63) is 75.1 Å². The van der Waals surface area contributed by atoms with E-state index in [9.17, 15) is 9.59 Å². The highest BCUT2D eigenvalue weighted by Gasteiger charge is 2.20. The Morgan fingerprint density at radius 3 is 2.39 bits per heavy atom. The first-order valence-corrected chi connectivity index (χ1v) is 13.1. The van der Waals surface area contributed by atoms with Gasteiger partial charge in [0, 0.05) is 90.6 Å². The van der Waals surface area contributed by atoms with Gasteiger partial charge >= 0.3 is 0 Å². The topological polar surface area (TPSA) is 108 Å². The number of carbonyl (C=O) groups excluding carboxylic acids is 1. The third-order valence-electron chi connectivity index (χ3n) is 7.21. The number of piperazine rings is 1. The van der Waals surface area contributed by atoms with E-state index < -0.39 is 0 Å². The standard InChI is InChI=1S/C29H35N7O2/c1-17(2)36-16-19(4)26-23(27(37)31-15-24-18(3)10-20(5)34-28(24)38)11-21(12-25(26)36)22-13-32-29(33-14-22)35-8-6-30-7-9-35/h10-14,16-17,30H,6-9,15H2,1-5H3,(H,31,37)(H,34,38). The maximum Gasteiger partial charge on any atom is 0.253 e. The number of pyridine rings is 1. The summed E-state index contributed by atoms with van der Waals surface area (Å²) in [5.74, 6) is 0.494. The molecule has 1 aliphatic rings. The molecule has 198 valence electrons. The zero-order valence-corrected chi connectivity index (χ0v) is 22.7. The highest BCUT2D eigenvalue weighted by atomic mass is 16.1. The Hall–Kier alpha value is -3.98. The average Bonchev–Trinajstić information content (AvgIpc) is 3.24. The second-order valence-corrected chi connectivity index (χ2v) is 10.4. The normalized spacial score (nSPS) is 13.9. The Balaban J connectivity index is 1.53. The summed E-state index contributed by atoms with van der Waals surface area (Å²) in [6, 6.07) is 6.15. The number of amides is 1. The molecule has 9 heteroatoms. The van der Waals surface area contributed by atoms with Crippen LogP contribution in [0.4, 0.5) is 5.95 Å². The minimum atomic E-state index is -0.223. The van der Waals surface area contributed by atoms with E-state index in [2.05, 4.69) is 61.2 Å². The Morgan fingerprint density at radius 1 is 1.03 bits per heavy atom. The van der Waals surface area contributed by atoms with Crippen LogP contribution in [-0.2, 0) is 6.54 Å². The third-order valence-corrected chi connectivity index (χ3v) is 7.21. The quantitative estimate of drug-likeness (QED) is 0.363. The largest absolute Gasteiger partial charge is 0.348 e. The van der Waals surface area contributed by atoms with Gasteiger partial charge in [-0.1, -0.05) is 0 Å². The molecular weight excluding hydrogens is 478 g/mol. The van der Waals surface area contributed by atoms with Crippen molar-refractivity contribution in [2.75, 3.05) is 31.1 Å². The first kappa shape index (κ1) is 25.7. The molecule has 4 aromatic rings. The van der Waals surface area contributed by atoms with Crippen molar-refractivity contribution in [3.8, 4) is 11.1 Å². The van der Waals surface area contributed by atoms with Gasteiger partial charge in [0.25, 0.3) is 11.5 Å². The molecule has 1 aromatic carbocycles. The van der Waals surface area contributed by atoms with Gasteiger partial charge in [-0.2, -0.15) is 0 Å². The van der Waals surface area contributed by atoms with Crippen molar-refractivity contribution < 1.29 is 4.79 Å². The summed E-state index contributed by atoms with van der Waals surface area (Å²) in [6.07, 6.45) is 5.75. The number of nitrogens with zero attached hydrogens (tertiary/aromatic N) is 4. The Kier molecular flexibility index (Phi) is 7.03. The molecule has 0 bridgehead atoms. The number of anilines is 1. The number of benzene rings is 1. The lowest BCUT2D eigenvalue weighted by molar-refractivity contribution is 0.0952. The highest BCUT2D eigenvalue weighted by Crippen LogP contribution is 2.33. The zero-order valence-electron chi connectivity index (χ0n) is 22.7. The lowest BCUT2D eigenvalue weighted by Crippen LogP contribution is -2.44. The van der Waals surface area contributed by atoms with Gasteiger partial charge in [0.2, 0.25) is 5.95 Å². The number of H-pyrrole nitrogens is 1. The number of hydrogen-bond acceptors (Lipinski definition) is 6. The number of rotatable bonds is 6. The minimum absolute atomic E-state index is 0.151. The van der Waals surface area contributed by atoms with Gasteiger partial charge in [0.1, 0.15) is 0 Å². The van der Waals surface area contributed by atoms with Gasteiger partial charge < -0.3 is 25.1 Å². The molecule has 1 amide bonds. The number of fused-ring (bicyclic) bond motifs is 1. The van der Waals surface area contributed by atoms with E-state index in [-0.39, 0.29) is 24.1 Å². The number of aryl methyl sites for hydroxylation is 3. The van der Waals surface area contributed by atoms with Crippen molar-refractivity contribution in [1.29, 1.82) is 0 Å². The number of hydrogen-bond donors (Lipinski definition) is 3. The summed E-state index contributed by atoms with van der Waals surface area (Å²) in [5, 5.41) is 7.25. The van der Waals surface area contributed by atoms with Crippen molar-refractivity contribution >= 4 is 22.8 Å². The highest BCUT2D eigenvalue weighted by molar-refractivity contribution is 6.09. The summed E-state index contributed by atoms with van der Waals surface area (Å²) in [6.45, 7) is 13.8. The minimum Gasteiger partial charge on any atom is -0.348 e. The summed E-state index contributed by atoms with van der Waals surface area (Å²) < 4.78 is 2.19. The fourth-order valence-electron chi connectivity index (χ4n) is 5.22. The fourth-order valence-corrected chi connectivity index (χ4v) is 5.22. The summed E-state index contributed by atoms with van der Waals surface area (Å²) in [7, 11) is 0. The lowest BCUT2D eigenvalue weighted by Gasteiger charge is -2.27. The molecule has 1 fully saturated rings. The SMILES string of the molecule is Cc1cc(C)c(CNC(=O)c2cc(-c3cnc(N4CCNCC4)nc3)cc3c2c(C)cn3C(C)C)c(=O)[nH]1. The summed E-state index contributed by atoms with van der Waals surface area (Å²) in [4.78, 5) is 40.4. The van der Waals surface area contributed by atoms with Crippen LogP contribution >= 0.6 is 0 Å². The van der Waals surface area contributed by atoms with Gasteiger partial charge in [-0.25, -0.2) is 9.97 Å². The fraction of sp³-hybridized carbons (Fsp3) is 0.379. The Labute approximate surface area is 222 Å². The molecule has 0 atom stereocenters. The average molecular weight is 514 g/mol. The molecule has 0 aliphatic carbocycles. The van der Waals surface area contributed by atoms with Gasteiger partial charge in [-0.05, 0) is 69.5 Å². The third kappa shape index (κ3) is 4.93. The zero-order chi connectivity index (χ0) is 27.0. The maximum absolute atomic E-state index is 13.6. The molecule has 0 saturated carbocycles. The molecule has 0 radical (unpaired) electrons. The van der Waals surface area contributed by atoms with Crippen LogP contribution in [0.5, 0.6) is 0 Å². The number of aromatic nitrogens is 4. The molecule has 38 heavy (non-hydrogen) atoms. The van der Waals surface area contributed by atoms with E-state index in [4.69, 9.17) is 0 Å². The predicted molar refractivity (Wildman–Crippen MR) is 151 cm³/mol. The predicted octanol–water partition coefficient (Wildman–Crippen LogP) is 3.63. The van der Waals surface area contributed by atoms with Crippen molar-refractivity contribution in [2.24, 2.45) is 0 Å². The molecule has 3 N–H and O–H groups in total. The first-order chi connectivity index (χ1) is 18.2. The molecule has 4 heterocycles. The van der Waals surface area contributed by atoms with Crippen LogP contribution in [0, 0.1) is 20.8 Å². The summed E-state index contributed by atoms with van der Waals surface area (Å²) >= 11 is 0. The van der Waals surface area contributed by atoms with E-state index in [0.717, 1.165) is 71.0 Å².